The minimum Gasteiger partial charge on any atom is -0.358 e. The van der Waals surface area contributed by atoms with Gasteiger partial charge in [-0.1, -0.05) is 140 Å². The van der Waals surface area contributed by atoms with Crippen LogP contribution in [0.25, 0.3) is 32.2 Å². The Morgan fingerprint density at radius 1 is 0.747 bits per heavy atom. The number of nitriles is 4. The fraction of sp³-hybridized carbons (Fsp3) is 0.246. The van der Waals surface area contributed by atoms with E-state index in [1.807, 2.05) is 78.9 Å². The van der Waals surface area contributed by atoms with E-state index in [9.17, 15) is 27.2 Å². The van der Waals surface area contributed by atoms with Crippen LogP contribution in [0.15, 0.2) is 173 Å². The van der Waals surface area contributed by atoms with Gasteiger partial charge in [0.2, 0.25) is 0 Å². The van der Waals surface area contributed by atoms with Crippen molar-refractivity contribution in [1.82, 2.24) is 9.97 Å². The molecule has 0 aliphatic carbocycles. The number of pyridine rings is 2. The van der Waals surface area contributed by atoms with Gasteiger partial charge >= 0.3 is 23.9 Å². The van der Waals surface area contributed by atoms with Crippen molar-refractivity contribution in [1.29, 1.82) is 22.0 Å². The molecular weight excluding hydrogens is 1180 g/mol. The van der Waals surface area contributed by atoms with E-state index in [1.165, 1.54) is 6.20 Å². The van der Waals surface area contributed by atoms with Gasteiger partial charge < -0.3 is 22.8 Å². The Kier molecular flexibility index (Phi) is 25.3. The molecule has 4 atom stereocenters. The minimum atomic E-state index is -1.41. The van der Waals surface area contributed by atoms with Gasteiger partial charge in [-0.05, 0) is 140 Å². The average molecular weight is 1250 g/mol. The number of aromatic nitrogens is 2. The van der Waals surface area contributed by atoms with Crippen LogP contribution in [-0.4, -0.2) is 30.2 Å². The van der Waals surface area contributed by atoms with Gasteiger partial charge in [0.05, 0.1) is 96.6 Å². The van der Waals surface area contributed by atoms with Crippen molar-refractivity contribution in [2.75, 3.05) is 23.9 Å². The molecule has 3 heterocycles. The molecule has 2 aromatic heterocycles. The number of hydrogen-bond acceptors (Lipinski definition) is 13. The van der Waals surface area contributed by atoms with Gasteiger partial charge in [0, 0.05) is 42.6 Å². The first kappa shape index (κ1) is 65.0. The van der Waals surface area contributed by atoms with Gasteiger partial charge in [0.1, 0.15) is 12.1 Å². The molecule has 0 saturated carbocycles. The quantitative estimate of drug-likeness (QED) is 0.0166. The molecule has 1 aliphatic rings. The number of nitrogens with zero attached hydrogens (tertiary/aromatic N) is 11. The Hall–Kier alpha value is -9.52. The summed E-state index contributed by atoms with van der Waals surface area (Å²) < 4.78 is 28.5. The second-order valence-corrected chi connectivity index (χ2v) is 21.0. The topological polar surface area (TPSA) is 245 Å². The molecule has 0 spiro atoms. The van der Waals surface area contributed by atoms with E-state index >= 15 is 0 Å². The smallest absolute Gasteiger partial charge is 0.358 e. The van der Waals surface area contributed by atoms with Gasteiger partial charge in [0.25, 0.3) is 0 Å². The van der Waals surface area contributed by atoms with Crippen molar-refractivity contribution in [2.24, 2.45) is 20.8 Å². The number of ether oxygens (including phenoxy) is 1. The van der Waals surface area contributed by atoms with Crippen molar-refractivity contribution in [3.8, 4) is 36.6 Å². The third kappa shape index (κ3) is 18.2. The summed E-state index contributed by atoms with van der Waals surface area (Å²) in [6, 6.07) is 50.1. The summed E-state index contributed by atoms with van der Waals surface area (Å²) in [5.74, 6) is -0.485. The van der Waals surface area contributed by atoms with E-state index in [-0.39, 0.29) is 52.5 Å². The molecule has 18 heteroatoms. The number of fused-ring (bicyclic) bond motifs is 2. The van der Waals surface area contributed by atoms with Crippen LogP contribution < -0.4 is 10.6 Å². The molecule has 2 N–H and O–H groups in total. The summed E-state index contributed by atoms with van der Waals surface area (Å²) >= 11 is 16.9. The number of azide groups is 1. The number of esters is 1. The predicted octanol–water partition coefficient (Wildman–Crippen LogP) is 17.7. The molecule has 6 aromatic carbocycles. The van der Waals surface area contributed by atoms with Crippen molar-refractivity contribution >= 4 is 62.4 Å². The van der Waals surface area contributed by atoms with Crippen LogP contribution in [-0.2, 0) is 39.3 Å². The number of terminal acetylenes is 1. The Morgan fingerprint density at radius 3 is 1.64 bits per heavy atom. The van der Waals surface area contributed by atoms with Crippen LogP contribution in [0.2, 0.25) is 10.0 Å². The maximum absolute atomic E-state index is 10.9. The first-order chi connectivity index (χ1) is 42.4. The second kappa shape index (κ2) is 33.8. The standard InChI is InChI=1S/C31H25ClN6.C30H23ClN4.C6H11N3O2.CH4.CH3.Cu.H/c1-2-28(22-8-4-3-5-9-22)37-30-24(18-34)19-35-31-26(30)15-21(16-27(31)32)14-25(29-11-12-36-38-29)23-10-6-7-20(13-23)17-33;1-3-22(24-12-8-9-20(13-24)17-32)14-21-15-26-29(25(18-33)19-34-30(26)27(31)16-21)35-28(4-2)23-10-6-5-7-11-23;1-6(2,3)5(10)11-4-8-9-7;;;;/h3-11,13,15-16,19,25,28H,2,12,14H2,1H3,(H,35,37);1,5-13,15-16,19,22,28H,4,14H2,2H3,(H,34,35);4H2,1-3H3;1H4;1H3;;/q;;;;-1;+1;/t25-,28-;22-,28-;;;;;/m11...../s1/i25D;22D;;;;;1+2. The molecule has 0 unspecified atom stereocenters. The van der Waals surface area contributed by atoms with E-state index in [4.69, 9.17) is 37.5 Å². The van der Waals surface area contributed by atoms with Crippen molar-refractivity contribution in [2.45, 2.75) is 91.6 Å². The third-order valence-electron chi connectivity index (χ3n) is 13.5. The molecule has 8 aromatic rings. The van der Waals surface area contributed by atoms with Gasteiger partial charge in [-0.3, -0.25) is 14.8 Å². The molecule has 0 radical (unpaired) electrons. The zero-order chi connectivity index (χ0) is 64.0. The Bertz CT molecular complexity index is 4150. The van der Waals surface area contributed by atoms with E-state index < -0.39 is 17.2 Å². The number of carbonyl (C=O) groups excluding carboxylic acids is 1. The fourth-order valence-electron chi connectivity index (χ4n) is 9.21. The van der Waals surface area contributed by atoms with E-state index in [1.54, 1.807) is 75.5 Å². The first-order valence-corrected chi connectivity index (χ1v) is 27.5. The molecule has 1 aliphatic heterocycles. The number of allylic oxidation sites excluding steroid dienone is 1. The Morgan fingerprint density at radius 2 is 1.22 bits per heavy atom. The maximum atomic E-state index is 10.9. The Balaban J connectivity index is 0.000000317. The van der Waals surface area contributed by atoms with Crippen molar-refractivity contribution in [3.05, 3.63) is 241 Å². The van der Waals surface area contributed by atoms with Crippen LogP contribution in [0.4, 0.5) is 11.4 Å². The number of nitrogens with one attached hydrogen (secondary N) is 2. The predicted molar refractivity (Wildman–Crippen MR) is 345 cm³/mol. The number of halogens is 2. The molecular formula is C69H67Cl2CuN13O2. The van der Waals surface area contributed by atoms with Gasteiger partial charge in [-0.15, -0.1) is 6.42 Å². The van der Waals surface area contributed by atoms with Crippen LogP contribution >= 0.6 is 23.2 Å². The minimum absolute atomic E-state index is 0. The van der Waals surface area contributed by atoms with Crippen LogP contribution in [0.3, 0.4) is 0 Å². The van der Waals surface area contributed by atoms with Crippen molar-refractivity contribution < 1.29 is 29.2 Å². The van der Waals surface area contributed by atoms with Crippen LogP contribution in [0.1, 0.15) is 137 Å². The molecule has 0 saturated heterocycles. The van der Waals surface area contributed by atoms with Gasteiger partial charge in [-0.25, -0.2) is 0 Å². The van der Waals surface area contributed by atoms with E-state index in [0.717, 1.165) is 35.1 Å². The number of azo groups is 1. The summed E-state index contributed by atoms with van der Waals surface area (Å²) in [5, 5.41) is 59.3. The van der Waals surface area contributed by atoms with Crippen molar-refractivity contribution in [3.63, 3.8) is 0 Å². The molecule has 9 rings (SSSR count). The zero-order valence-electron chi connectivity index (χ0n) is 51.2. The fourth-order valence-corrected chi connectivity index (χ4v) is 9.80. The first-order valence-electron chi connectivity index (χ1n) is 28.1. The molecule has 87 heavy (non-hydrogen) atoms. The third-order valence-corrected chi connectivity index (χ3v) is 14.0. The van der Waals surface area contributed by atoms with E-state index in [0.29, 0.717) is 88.8 Å². The second-order valence-electron chi connectivity index (χ2n) is 20.2. The van der Waals surface area contributed by atoms with Crippen LogP contribution in [0, 0.1) is 70.5 Å². The number of rotatable bonds is 17. The average Bonchev–Trinajstić information content (AvgIpc) is 0.928. The van der Waals surface area contributed by atoms with Crippen LogP contribution in [0.5, 0.6) is 0 Å². The summed E-state index contributed by atoms with van der Waals surface area (Å²) in [6.45, 7) is 9.53. The normalized spacial score (nSPS) is 13.4. The molecule has 15 nitrogen and oxygen atoms in total. The summed E-state index contributed by atoms with van der Waals surface area (Å²) in [5.41, 5.74) is 16.9. The summed E-state index contributed by atoms with van der Waals surface area (Å²) in [6.07, 6.45) is 12.7. The molecule has 0 fully saturated rings. The SMILES string of the molecule is C.CC(C)(C)C(=O)OCN=[N+]=[N-].[2H][C@@](C#C)(Cc1cc(Cl)c2ncc(C#N)c(N[C@H](CC)c3ccccc3)c2c1)c1cccc(C#N)c1.[2H][C@](Cc1cc(Cl)c2ncc(C#N)c(N[C@H](CC)c3ccccc3)c2c1)(C1=CCN=N1)c1cccc(C#N)c1.[3H][Cu+].[CH3-]. The van der Waals surface area contributed by atoms with Gasteiger partial charge in [0.15, 0.2) is 6.73 Å². The maximum Gasteiger partial charge on any atom is -0.358 e. The monoisotopic (exact) mass is 1250 g/mol. The Labute approximate surface area is 534 Å². The number of benzene rings is 6. The summed E-state index contributed by atoms with van der Waals surface area (Å²) in [7, 11) is 0. The molecule has 0 amide bonds. The number of anilines is 2. The summed E-state index contributed by atoms with van der Waals surface area (Å²) in [4.78, 5) is 22.3. The van der Waals surface area contributed by atoms with E-state index in [2.05, 4.69) is 119 Å². The molecule has 445 valence electrons. The zero-order valence-corrected chi connectivity index (χ0v) is 50.7. The van der Waals surface area contributed by atoms with Gasteiger partial charge in [-0.2, -0.15) is 31.3 Å². The molecule has 0 bridgehead atoms. The largest absolute Gasteiger partial charge is 0.358 e. The number of hydrogen-bond donors (Lipinski definition) is 2. The number of carbonyl (C=O) groups is 1.